The number of hydrogen-bond donors (Lipinski definition) is 0. The van der Waals surface area contributed by atoms with E-state index >= 15 is 0 Å². The summed E-state index contributed by atoms with van der Waals surface area (Å²) < 4.78 is 19.1. The molecule has 0 amide bonds. The number of aromatic nitrogens is 1. The molecule has 1 heterocycles. The van der Waals surface area contributed by atoms with Gasteiger partial charge in [0.15, 0.2) is 5.58 Å². The number of benzene rings is 2. The predicted octanol–water partition coefficient (Wildman–Crippen LogP) is 4.25. The Bertz CT molecular complexity index is 730. The second kappa shape index (κ2) is 3.95. The maximum Gasteiger partial charge on any atom is 0.227 e. The third kappa shape index (κ3) is 1.78. The third-order valence-corrected chi connectivity index (χ3v) is 2.96. The molecular weight excluding hydrogens is 229 g/mol. The van der Waals surface area contributed by atoms with E-state index in [1.165, 1.54) is 6.07 Å². The van der Waals surface area contributed by atoms with Gasteiger partial charge in [0.2, 0.25) is 5.89 Å². The number of hydrogen-bond acceptors (Lipinski definition) is 2. The molecule has 0 N–H and O–H groups in total. The summed E-state index contributed by atoms with van der Waals surface area (Å²) in [6, 6.07) is 10.8. The molecule has 0 bridgehead atoms. The SMILES string of the molecule is Cc1ccc2oc(-c3ccc(C)c(F)c3)nc2c1. The van der Waals surface area contributed by atoms with E-state index in [9.17, 15) is 4.39 Å². The van der Waals surface area contributed by atoms with Crippen molar-refractivity contribution in [2.75, 3.05) is 0 Å². The van der Waals surface area contributed by atoms with Gasteiger partial charge in [-0.15, -0.1) is 0 Å². The molecule has 0 unspecified atom stereocenters. The number of halogens is 1. The molecule has 0 aliphatic rings. The highest BCUT2D eigenvalue weighted by Gasteiger charge is 2.09. The molecule has 3 aromatic rings. The summed E-state index contributed by atoms with van der Waals surface area (Å²) in [7, 11) is 0. The first-order valence-corrected chi connectivity index (χ1v) is 5.77. The Morgan fingerprint density at radius 2 is 1.89 bits per heavy atom. The summed E-state index contributed by atoms with van der Waals surface area (Å²) in [6.45, 7) is 3.73. The van der Waals surface area contributed by atoms with Crippen molar-refractivity contribution in [3.05, 3.63) is 53.3 Å². The molecule has 0 spiro atoms. The summed E-state index contributed by atoms with van der Waals surface area (Å²) in [5, 5.41) is 0. The maximum absolute atomic E-state index is 13.5. The summed E-state index contributed by atoms with van der Waals surface area (Å²) in [4.78, 5) is 4.38. The molecule has 18 heavy (non-hydrogen) atoms. The van der Waals surface area contributed by atoms with Crippen molar-refractivity contribution >= 4 is 11.1 Å². The number of aryl methyl sites for hydroxylation is 2. The molecule has 1 aromatic heterocycles. The molecule has 0 aliphatic heterocycles. The molecular formula is C15H12FNO. The molecule has 0 aliphatic carbocycles. The fourth-order valence-corrected chi connectivity index (χ4v) is 1.89. The van der Waals surface area contributed by atoms with Crippen molar-refractivity contribution in [3.8, 4) is 11.5 Å². The zero-order valence-electron chi connectivity index (χ0n) is 10.2. The van der Waals surface area contributed by atoms with Crippen LogP contribution in [0.1, 0.15) is 11.1 Å². The van der Waals surface area contributed by atoms with E-state index in [4.69, 9.17) is 4.42 Å². The van der Waals surface area contributed by atoms with Gasteiger partial charge >= 0.3 is 0 Å². The van der Waals surface area contributed by atoms with Crippen molar-refractivity contribution in [1.29, 1.82) is 0 Å². The molecule has 2 nitrogen and oxygen atoms in total. The van der Waals surface area contributed by atoms with E-state index in [1.807, 2.05) is 31.2 Å². The van der Waals surface area contributed by atoms with Gasteiger partial charge in [0, 0.05) is 5.56 Å². The first-order valence-electron chi connectivity index (χ1n) is 5.77. The Kier molecular flexibility index (Phi) is 2.40. The van der Waals surface area contributed by atoms with Gasteiger partial charge in [0.1, 0.15) is 11.3 Å². The van der Waals surface area contributed by atoms with Crippen LogP contribution in [0, 0.1) is 19.7 Å². The Morgan fingerprint density at radius 3 is 2.67 bits per heavy atom. The van der Waals surface area contributed by atoms with Gasteiger partial charge in [-0.3, -0.25) is 0 Å². The maximum atomic E-state index is 13.5. The molecule has 90 valence electrons. The molecule has 0 atom stereocenters. The highest BCUT2D eigenvalue weighted by molar-refractivity contribution is 5.76. The van der Waals surface area contributed by atoms with Crippen LogP contribution < -0.4 is 0 Å². The lowest BCUT2D eigenvalue weighted by atomic mass is 10.1. The van der Waals surface area contributed by atoms with Gasteiger partial charge in [-0.25, -0.2) is 9.37 Å². The summed E-state index contributed by atoms with van der Waals surface area (Å²) in [5.41, 5.74) is 3.91. The van der Waals surface area contributed by atoms with Crippen molar-refractivity contribution in [2.24, 2.45) is 0 Å². The highest BCUT2D eigenvalue weighted by atomic mass is 19.1. The topological polar surface area (TPSA) is 26.0 Å². The minimum atomic E-state index is -0.245. The minimum Gasteiger partial charge on any atom is -0.436 e. The molecule has 0 fully saturated rings. The molecule has 0 saturated heterocycles. The minimum absolute atomic E-state index is 0.245. The molecule has 3 rings (SSSR count). The monoisotopic (exact) mass is 241 g/mol. The van der Waals surface area contributed by atoms with E-state index < -0.39 is 0 Å². The summed E-state index contributed by atoms with van der Waals surface area (Å²) in [6.07, 6.45) is 0. The van der Waals surface area contributed by atoms with Crippen molar-refractivity contribution in [1.82, 2.24) is 4.98 Å². The van der Waals surface area contributed by atoms with E-state index in [0.29, 0.717) is 17.0 Å². The van der Waals surface area contributed by atoms with Crippen LogP contribution >= 0.6 is 0 Å². The lowest BCUT2D eigenvalue weighted by Gasteiger charge is -1.98. The molecule has 0 saturated carbocycles. The summed E-state index contributed by atoms with van der Waals surface area (Å²) >= 11 is 0. The van der Waals surface area contributed by atoms with Crippen molar-refractivity contribution in [2.45, 2.75) is 13.8 Å². The number of rotatable bonds is 1. The second-order valence-electron chi connectivity index (χ2n) is 4.45. The standard InChI is InChI=1S/C15H12FNO/c1-9-3-6-14-13(7-9)17-15(18-14)11-5-4-10(2)12(16)8-11/h3-8H,1-2H3. The number of fused-ring (bicyclic) bond motifs is 1. The van der Waals surface area contributed by atoms with Crippen LogP contribution in [0.2, 0.25) is 0 Å². The van der Waals surface area contributed by atoms with Gasteiger partial charge in [0.25, 0.3) is 0 Å². The molecule has 0 radical (unpaired) electrons. The Hall–Kier alpha value is -2.16. The molecule has 2 aromatic carbocycles. The predicted molar refractivity (Wildman–Crippen MR) is 68.9 cm³/mol. The van der Waals surface area contributed by atoms with Crippen molar-refractivity contribution < 1.29 is 8.81 Å². The normalized spacial score (nSPS) is 11.1. The van der Waals surface area contributed by atoms with Crippen molar-refractivity contribution in [3.63, 3.8) is 0 Å². The van der Waals surface area contributed by atoms with Crippen LogP contribution in [-0.4, -0.2) is 4.98 Å². The lowest BCUT2D eigenvalue weighted by molar-refractivity contribution is 0.607. The van der Waals surface area contributed by atoms with E-state index in [2.05, 4.69) is 4.98 Å². The van der Waals surface area contributed by atoms with E-state index in [-0.39, 0.29) is 5.82 Å². The first-order chi connectivity index (χ1) is 8.63. The van der Waals surface area contributed by atoms with Crippen LogP contribution in [0.15, 0.2) is 40.8 Å². The van der Waals surface area contributed by atoms with Gasteiger partial charge in [-0.05, 0) is 49.2 Å². The lowest BCUT2D eigenvalue weighted by Crippen LogP contribution is -1.84. The van der Waals surface area contributed by atoms with Gasteiger partial charge in [-0.2, -0.15) is 0 Å². The van der Waals surface area contributed by atoms with Crippen LogP contribution in [-0.2, 0) is 0 Å². The van der Waals surface area contributed by atoms with Gasteiger partial charge in [0.05, 0.1) is 0 Å². The van der Waals surface area contributed by atoms with E-state index in [1.54, 1.807) is 13.0 Å². The highest BCUT2D eigenvalue weighted by Crippen LogP contribution is 2.25. The molecule has 3 heteroatoms. The van der Waals surface area contributed by atoms with Crippen LogP contribution in [0.5, 0.6) is 0 Å². The van der Waals surface area contributed by atoms with Gasteiger partial charge < -0.3 is 4.42 Å². The number of oxazole rings is 1. The first kappa shape index (κ1) is 11.0. The second-order valence-corrected chi connectivity index (χ2v) is 4.45. The van der Waals surface area contributed by atoms with Crippen LogP contribution in [0.25, 0.3) is 22.6 Å². The Balaban J connectivity index is 2.16. The average Bonchev–Trinajstić information content (AvgIpc) is 2.75. The fourth-order valence-electron chi connectivity index (χ4n) is 1.89. The third-order valence-electron chi connectivity index (χ3n) is 2.96. The van der Waals surface area contributed by atoms with Crippen LogP contribution in [0.3, 0.4) is 0 Å². The zero-order valence-corrected chi connectivity index (χ0v) is 10.2. The van der Waals surface area contributed by atoms with E-state index in [0.717, 1.165) is 16.7 Å². The quantitative estimate of drug-likeness (QED) is 0.636. The van der Waals surface area contributed by atoms with Crippen LogP contribution in [0.4, 0.5) is 4.39 Å². The fraction of sp³-hybridized carbons (Fsp3) is 0.133. The van der Waals surface area contributed by atoms with Gasteiger partial charge in [-0.1, -0.05) is 12.1 Å². The Morgan fingerprint density at radius 1 is 1.06 bits per heavy atom. The Labute approximate surface area is 104 Å². The smallest absolute Gasteiger partial charge is 0.227 e. The zero-order chi connectivity index (χ0) is 12.7. The average molecular weight is 241 g/mol. The number of nitrogens with zero attached hydrogens (tertiary/aromatic N) is 1. The largest absolute Gasteiger partial charge is 0.436 e. The summed E-state index contributed by atoms with van der Waals surface area (Å²) in [5.74, 6) is 0.209.